The van der Waals surface area contributed by atoms with Crippen LogP contribution in [-0.2, 0) is 16.6 Å². The molecule has 8 nitrogen and oxygen atoms in total. The van der Waals surface area contributed by atoms with Gasteiger partial charge in [0.1, 0.15) is 5.75 Å². The van der Waals surface area contributed by atoms with Crippen LogP contribution in [-0.4, -0.2) is 53.9 Å². The number of sulfonamides is 1. The molecule has 10 heteroatoms. The first-order chi connectivity index (χ1) is 15.9. The molecule has 4 rings (SSSR count). The lowest BCUT2D eigenvalue weighted by Gasteiger charge is -2.12. The van der Waals surface area contributed by atoms with E-state index in [1.165, 1.54) is 30.2 Å². The van der Waals surface area contributed by atoms with Crippen LogP contribution in [0.15, 0.2) is 87.5 Å². The third-order valence-corrected chi connectivity index (χ3v) is 7.59. The van der Waals surface area contributed by atoms with Gasteiger partial charge in [-0.2, -0.15) is 0 Å². The molecule has 2 heterocycles. The van der Waals surface area contributed by atoms with Crippen molar-refractivity contribution < 1.29 is 17.6 Å². The van der Waals surface area contributed by atoms with E-state index in [0.29, 0.717) is 36.2 Å². The average molecular weight is 485 g/mol. The van der Waals surface area contributed by atoms with Crippen molar-refractivity contribution in [2.75, 3.05) is 26.5 Å². The van der Waals surface area contributed by atoms with Gasteiger partial charge in [-0.1, -0.05) is 42.1 Å². The van der Waals surface area contributed by atoms with Crippen molar-refractivity contribution in [2.45, 2.75) is 16.6 Å². The monoisotopic (exact) mass is 484 g/mol. The maximum Gasteiger partial charge on any atom is 0.242 e. The number of furan rings is 1. The largest absolute Gasteiger partial charge is 0.493 e. The summed E-state index contributed by atoms with van der Waals surface area (Å²) in [6.07, 6.45) is 1.62. The van der Waals surface area contributed by atoms with Gasteiger partial charge in [-0.05, 0) is 42.0 Å². The zero-order chi connectivity index (χ0) is 23.3. The maximum absolute atomic E-state index is 12.2. The molecule has 0 fully saturated rings. The molecule has 0 bridgehead atoms. The molecule has 0 saturated carbocycles. The highest BCUT2D eigenvalue weighted by Crippen LogP contribution is 2.26. The molecule has 0 saturated heterocycles. The summed E-state index contributed by atoms with van der Waals surface area (Å²) in [7, 11) is -0.444. The summed E-state index contributed by atoms with van der Waals surface area (Å²) in [5.41, 5.74) is 1.14. The van der Waals surface area contributed by atoms with Crippen LogP contribution in [0.3, 0.4) is 0 Å². The third kappa shape index (κ3) is 5.47. The zero-order valence-electron chi connectivity index (χ0n) is 18.3. The number of nitrogens with zero attached hydrogens (tertiary/aromatic N) is 4. The Labute approximate surface area is 197 Å². The summed E-state index contributed by atoms with van der Waals surface area (Å²) in [6.45, 7) is 1.05. The number of thioether (sulfide) groups is 1. The van der Waals surface area contributed by atoms with Crippen molar-refractivity contribution in [3.63, 3.8) is 0 Å². The minimum atomic E-state index is -3.45. The van der Waals surface area contributed by atoms with Crippen LogP contribution in [0, 0.1) is 0 Å². The molecule has 0 aliphatic heterocycles. The molecule has 0 radical (unpaired) electrons. The van der Waals surface area contributed by atoms with Crippen molar-refractivity contribution in [1.29, 1.82) is 0 Å². The van der Waals surface area contributed by atoms with Crippen LogP contribution in [0.5, 0.6) is 5.75 Å². The predicted molar refractivity (Wildman–Crippen MR) is 127 cm³/mol. The van der Waals surface area contributed by atoms with Gasteiger partial charge in [0.05, 0.1) is 24.3 Å². The first-order valence-electron chi connectivity index (χ1n) is 10.2. The normalized spacial score (nSPS) is 11.7. The zero-order valence-corrected chi connectivity index (χ0v) is 19.9. The Bertz CT molecular complexity index is 1270. The van der Waals surface area contributed by atoms with Gasteiger partial charge in [0.15, 0.2) is 10.9 Å². The summed E-state index contributed by atoms with van der Waals surface area (Å²) < 4.78 is 38.9. The molecular weight excluding hydrogens is 460 g/mol. The Morgan fingerprint density at radius 2 is 1.76 bits per heavy atom. The molecule has 0 atom stereocenters. The Morgan fingerprint density at radius 3 is 2.42 bits per heavy atom. The van der Waals surface area contributed by atoms with Crippen LogP contribution < -0.4 is 4.74 Å². The molecule has 0 aliphatic rings. The van der Waals surface area contributed by atoms with Gasteiger partial charge in [0, 0.05) is 19.8 Å². The van der Waals surface area contributed by atoms with E-state index in [9.17, 15) is 8.42 Å². The summed E-state index contributed by atoms with van der Waals surface area (Å²) in [4.78, 5) is 0.230. The lowest BCUT2D eigenvalue weighted by atomic mass is 10.2. The molecule has 0 amide bonds. The lowest BCUT2D eigenvalue weighted by Crippen LogP contribution is -2.22. The van der Waals surface area contributed by atoms with E-state index in [1.54, 1.807) is 30.5 Å². The summed E-state index contributed by atoms with van der Waals surface area (Å²) in [6, 6.07) is 20.2. The van der Waals surface area contributed by atoms with E-state index in [0.717, 1.165) is 10.7 Å². The fourth-order valence-corrected chi connectivity index (χ4v) is 4.76. The smallest absolute Gasteiger partial charge is 0.242 e. The van der Waals surface area contributed by atoms with E-state index < -0.39 is 10.0 Å². The van der Waals surface area contributed by atoms with Crippen LogP contribution in [0.2, 0.25) is 0 Å². The number of hydrogen-bond acceptors (Lipinski definition) is 7. The van der Waals surface area contributed by atoms with Gasteiger partial charge in [0.25, 0.3) is 0 Å². The second-order valence-electron chi connectivity index (χ2n) is 7.31. The van der Waals surface area contributed by atoms with Gasteiger partial charge < -0.3 is 9.15 Å². The molecule has 0 N–H and O–H groups in total. The van der Waals surface area contributed by atoms with Crippen LogP contribution in [0.4, 0.5) is 0 Å². The highest BCUT2D eigenvalue weighted by atomic mass is 32.2. The second kappa shape index (κ2) is 10.2. The Kier molecular flexibility index (Phi) is 7.17. The van der Waals surface area contributed by atoms with Crippen LogP contribution in [0.1, 0.15) is 5.56 Å². The molecule has 2 aromatic heterocycles. The highest BCUT2D eigenvalue weighted by Gasteiger charge is 2.18. The number of hydrogen-bond donors (Lipinski definition) is 0. The van der Waals surface area contributed by atoms with Crippen LogP contribution >= 0.6 is 11.8 Å². The highest BCUT2D eigenvalue weighted by molar-refractivity contribution is 7.99. The van der Waals surface area contributed by atoms with E-state index in [1.807, 2.05) is 34.9 Å². The van der Waals surface area contributed by atoms with Crippen molar-refractivity contribution >= 4 is 21.8 Å². The van der Waals surface area contributed by atoms with Crippen molar-refractivity contribution in [3.05, 3.63) is 78.6 Å². The minimum absolute atomic E-state index is 0.230. The van der Waals surface area contributed by atoms with Crippen molar-refractivity contribution in [2.24, 2.45) is 0 Å². The van der Waals surface area contributed by atoms with Gasteiger partial charge in [0.2, 0.25) is 15.8 Å². The van der Waals surface area contributed by atoms with E-state index in [2.05, 4.69) is 22.3 Å². The van der Waals surface area contributed by atoms with Gasteiger partial charge in [-0.3, -0.25) is 4.57 Å². The average Bonchev–Trinajstić information content (AvgIpc) is 3.48. The van der Waals surface area contributed by atoms with Crippen molar-refractivity contribution in [1.82, 2.24) is 19.1 Å². The quantitative estimate of drug-likeness (QED) is 0.248. The maximum atomic E-state index is 12.2. The third-order valence-electron chi connectivity index (χ3n) is 4.83. The number of aromatic nitrogens is 3. The first kappa shape index (κ1) is 23.1. The predicted octanol–water partition coefficient (Wildman–Crippen LogP) is 4.01. The molecule has 2 aromatic carbocycles. The Morgan fingerprint density at radius 1 is 1.00 bits per heavy atom. The topological polar surface area (TPSA) is 90.5 Å². The molecule has 33 heavy (non-hydrogen) atoms. The van der Waals surface area contributed by atoms with E-state index >= 15 is 0 Å². The molecular formula is C23H24N4O4S2. The molecule has 0 unspecified atom stereocenters. The van der Waals surface area contributed by atoms with Gasteiger partial charge in [-0.25, -0.2) is 12.7 Å². The van der Waals surface area contributed by atoms with Crippen molar-refractivity contribution in [3.8, 4) is 17.3 Å². The second-order valence-corrected chi connectivity index (χ2v) is 10.5. The number of benzene rings is 2. The summed E-state index contributed by atoms with van der Waals surface area (Å²) in [5.74, 6) is 2.58. The minimum Gasteiger partial charge on any atom is -0.493 e. The number of ether oxygens (including phenoxy) is 1. The number of rotatable bonds is 10. The Balaban J connectivity index is 1.40. The summed E-state index contributed by atoms with van der Waals surface area (Å²) >= 11 is 1.54. The summed E-state index contributed by atoms with van der Waals surface area (Å²) in [5, 5.41) is 9.46. The SMILES string of the molecule is CN(C)S(=O)(=O)c1ccc(OCCSc2nnc(-c3ccco3)n2Cc2ccccc2)cc1. The molecule has 4 aromatic rings. The first-order valence-corrected chi connectivity index (χ1v) is 12.7. The molecule has 172 valence electrons. The lowest BCUT2D eigenvalue weighted by molar-refractivity contribution is 0.343. The molecule has 0 aliphatic carbocycles. The van der Waals surface area contributed by atoms with Crippen LogP contribution in [0.25, 0.3) is 11.6 Å². The van der Waals surface area contributed by atoms with Gasteiger partial charge in [-0.15, -0.1) is 10.2 Å². The fourth-order valence-electron chi connectivity index (χ4n) is 3.10. The standard InChI is InChI=1S/C23H24N4O4S2/c1-26(2)33(28,29)20-12-10-19(11-13-20)30-15-16-32-23-25-24-22(21-9-6-14-31-21)27(23)17-18-7-4-3-5-8-18/h3-14H,15-17H2,1-2H3. The Hall–Kier alpha value is -3.08. The molecule has 0 spiro atoms. The van der Waals surface area contributed by atoms with E-state index in [-0.39, 0.29) is 4.90 Å². The van der Waals surface area contributed by atoms with E-state index in [4.69, 9.17) is 9.15 Å². The fraction of sp³-hybridized carbons (Fsp3) is 0.217. The van der Waals surface area contributed by atoms with Gasteiger partial charge >= 0.3 is 0 Å².